The van der Waals surface area contributed by atoms with E-state index in [1.165, 1.54) is 12.8 Å². The molecule has 23 heavy (non-hydrogen) atoms. The lowest BCUT2D eigenvalue weighted by atomic mass is 10.1. The van der Waals surface area contributed by atoms with E-state index in [9.17, 15) is 4.79 Å². The van der Waals surface area contributed by atoms with Crippen molar-refractivity contribution in [2.75, 3.05) is 11.9 Å². The van der Waals surface area contributed by atoms with Crippen LogP contribution >= 0.6 is 0 Å². The van der Waals surface area contributed by atoms with Gasteiger partial charge in [-0.25, -0.2) is 4.79 Å². The van der Waals surface area contributed by atoms with Crippen LogP contribution in [0.1, 0.15) is 39.2 Å². The second kappa shape index (κ2) is 7.35. The minimum absolute atomic E-state index is 0.450. The summed E-state index contributed by atoms with van der Waals surface area (Å²) in [4.78, 5) is 16.0. The van der Waals surface area contributed by atoms with E-state index in [0.717, 1.165) is 12.0 Å². The second-order valence-electron chi connectivity index (χ2n) is 6.76. The van der Waals surface area contributed by atoms with Gasteiger partial charge in [0.15, 0.2) is 5.96 Å². The molecule has 1 fully saturated rings. The molecule has 1 aromatic rings. The van der Waals surface area contributed by atoms with Gasteiger partial charge in [0.2, 0.25) is 0 Å². The van der Waals surface area contributed by atoms with Crippen LogP contribution in [0.5, 0.6) is 0 Å². The summed E-state index contributed by atoms with van der Waals surface area (Å²) in [5.41, 5.74) is 7.13. The molecule has 1 amide bonds. The minimum Gasteiger partial charge on any atom is -0.444 e. The van der Waals surface area contributed by atoms with E-state index in [0.29, 0.717) is 24.2 Å². The topological polar surface area (TPSA) is 88.7 Å². The summed E-state index contributed by atoms with van der Waals surface area (Å²) in [6.45, 7) is 6.14. The number of carbonyl (C=O) groups excluding carboxylic acids is 1. The summed E-state index contributed by atoms with van der Waals surface area (Å²) in [6.07, 6.45) is 2.72. The summed E-state index contributed by atoms with van der Waals surface area (Å²) in [6, 6.07) is 8.17. The van der Waals surface area contributed by atoms with Gasteiger partial charge in [-0.3, -0.25) is 10.3 Å². The van der Waals surface area contributed by atoms with Gasteiger partial charge in [0.1, 0.15) is 5.60 Å². The maximum Gasteiger partial charge on any atom is 0.412 e. The van der Waals surface area contributed by atoms with Crippen molar-refractivity contribution in [1.29, 1.82) is 0 Å². The van der Waals surface area contributed by atoms with Gasteiger partial charge in [-0.15, -0.1) is 0 Å². The van der Waals surface area contributed by atoms with Crippen LogP contribution in [-0.4, -0.2) is 30.2 Å². The lowest BCUT2D eigenvalue weighted by Crippen LogP contribution is -2.33. The van der Waals surface area contributed by atoms with Crippen LogP contribution in [0, 0.1) is 0 Å². The van der Waals surface area contributed by atoms with E-state index in [4.69, 9.17) is 10.5 Å². The molecule has 4 N–H and O–H groups in total. The highest BCUT2D eigenvalue weighted by atomic mass is 16.6. The standard InChI is InChI=1S/C17H26N4O2/c1-17(2,3)23-16(22)21-14-6-4-12(5-7-14)10-11-19-15(18)20-13-8-9-13/h4-7,13H,8-11H2,1-3H3,(H,21,22)(H3,18,19,20). The molecular formula is C17H26N4O2. The highest BCUT2D eigenvalue weighted by molar-refractivity contribution is 5.84. The Morgan fingerprint density at radius 1 is 1.30 bits per heavy atom. The van der Waals surface area contributed by atoms with Gasteiger partial charge in [-0.1, -0.05) is 12.1 Å². The molecule has 0 unspecified atom stereocenters. The first-order chi connectivity index (χ1) is 10.8. The van der Waals surface area contributed by atoms with Crippen molar-refractivity contribution in [1.82, 2.24) is 5.32 Å². The van der Waals surface area contributed by atoms with E-state index in [2.05, 4.69) is 15.6 Å². The fraction of sp³-hybridized carbons (Fsp3) is 0.529. The molecule has 1 aliphatic rings. The second-order valence-corrected chi connectivity index (χ2v) is 6.76. The smallest absolute Gasteiger partial charge is 0.412 e. The van der Waals surface area contributed by atoms with Gasteiger partial charge < -0.3 is 15.8 Å². The van der Waals surface area contributed by atoms with Gasteiger partial charge in [-0.2, -0.15) is 0 Å². The Morgan fingerprint density at radius 3 is 2.52 bits per heavy atom. The molecule has 6 nitrogen and oxygen atoms in total. The van der Waals surface area contributed by atoms with Crippen molar-refractivity contribution in [3.8, 4) is 0 Å². The summed E-state index contributed by atoms with van der Waals surface area (Å²) in [7, 11) is 0. The summed E-state index contributed by atoms with van der Waals surface area (Å²) >= 11 is 0. The van der Waals surface area contributed by atoms with Gasteiger partial charge in [-0.05, 0) is 57.7 Å². The predicted molar refractivity (Wildman–Crippen MR) is 92.6 cm³/mol. The Hall–Kier alpha value is -2.24. The summed E-state index contributed by atoms with van der Waals surface area (Å²) in [5.74, 6) is 0.524. The third kappa shape index (κ3) is 7.04. The van der Waals surface area contributed by atoms with Crippen molar-refractivity contribution >= 4 is 17.7 Å². The monoisotopic (exact) mass is 318 g/mol. The number of hydrogen-bond acceptors (Lipinski definition) is 3. The number of amides is 1. The Labute approximate surface area is 137 Å². The molecule has 0 atom stereocenters. The summed E-state index contributed by atoms with van der Waals surface area (Å²) in [5, 5.41) is 5.87. The molecule has 0 saturated heterocycles. The number of nitrogens with zero attached hydrogens (tertiary/aromatic N) is 1. The molecule has 126 valence electrons. The van der Waals surface area contributed by atoms with Crippen LogP contribution in [0.4, 0.5) is 10.5 Å². The van der Waals surface area contributed by atoms with Gasteiger partial charge in [0.25, 0.3) is 0 Å². The number of carbonyl (C=O) groups is 1. The molecule has 1 aromatic carbocycles. The molecule has 0 spiro atoms. The van der Waals surface area contributed by atoms with Gasteiger partial charge in [0.05, 0.1) is 0 Å². The number of nitrogens with one attached hydrogen (secondary N) is 2. The molecule has 2 rings (SSSR count). The SMILES string of the molecule is CC(C)(C)OC(=O)Nc1ccc(CCN=C(N)NC2CC2)cc1. The third-order valence-corrected chi connectivity index (χ3v) is 3.21. The zero-order chi connectivity index (χ0) is 16.9. The van der Waals surface area contributed by atoms with E-state index in [1.807, 2.05) is 45.0 Å². The lowest BCUT2D eigenvalue weighted by molar-refractivity contribution is 0.0636. The van der Waals surface area contributed by atoms with Gasteiger partial charge in [0, 0.05) is 18.3 Å². The van der Waals surface area contributed by atoms with Crippen LogP contribution in [0.3, 0.4) is 0 Å². The first-order valence-corrected chi connectivity index (χ1v) is 7.97. The molecular weight excluding hydrogens is 292 g/mol. The number of hydrogen-bond donors (Lipinski definition) is 3. The van der Waals surface area contributed by atoms with E-state index >= 15 is 0 Å². The van der Waals surface area contributed by atoms with E-state index in [1.54, 1.807) is 0 Å². The quantitative estimate of drug-likeness (QED) is 0.575. The number of rotatable bonds is 5. The average Bonchev–Trinajstić information content (AvgIpc) is 3.22. The highest BCUT2D eigenvalue weighted by Crippen LogP contribution is 2.18. The maximum absolute atomic E-state index is 11.7. The lowest BCUT2D eigenvalue weighted by Gasteiger charge is -2.19. The zero-order valence-corrected chi connectivity index (χ0v) is 14.1. The minimum atomic E-state index is -0.504. The van der Waals surface area contributed by atoms with Gasteiger partial charge >= 0.3 is 6.09 Å². The Kier molecular flexibility index (Phi) is 5.47. The Bertz CT molecular complexity index is 557. The van der Waals surface area contributed by atoms with Crippen LogP contribution in [0.2, 0.25) is 0 Å². The van der Waals surface area contributed by atoms with Crippen molar-refractivity contribution in [3.63, 3.8) is 0 Å². The van der Waals surface area contributed by atoms with Crippen molar-refractivity contribution in [2.24, 2.45) is 10.7 Å². The number of nitrogens with two attached hydrogens (primary N) is 1. The first kappa shape index (κ1) is 17.1. The maximum atomic E-state index is 11.7. The van der Waals surface area contributed by atoms with Crippen LogP contribution < -0.4 is 16.4 Å². The fourth-order valence-electron chi connectivity index (χ4n) is 1.96. The van der Waals surface area contributed by atoms with Crippen LogP contribution in [-0.2, 0) is 11.2 Å². The normalized spacial score (nSPS) is 15.2. The number of benzene rings is 1. The van der Waals surface area contributed by atoms with Crippen molar-refractivity contribution < 1.29 is 9.53 Å². The van der Waals surface area contributed by atoms with E-state index in [-0.39, 0.29) is 0 Å². The fourth-order valence-corrected chi connectivity index (χ4v) is 1.96. The predicted octanol–water partition coefficient (Wildman–Crippen LogP) is 2.64. The molecule has 0 radical (unpaired) electrons. The first-order valence-electron chi connectivity index (χ1n) is 7.97. The number of ether oxygens (including phenoxy) is 1. The molecule has 0 aliphatic heterocycles. The molecule has 1 saturated carbocycles. The molecule has 0 bridgehead atoms. The molecule has 0 aromatic heterocycles. The van der Waals surface area contributed by atoms with Crippen molar-refractivity contribution in [3.05, 3.63) is 29.8 Å². The van der Waals surface area contributed by atoms with E-state index < -0.39 is 11.7 Å². The number of anilines is 1. The average molecular weight is 318 g/mol. The number of aliphatic imine (C=N–C) groups is 1. The molecule has 6 heteroatoms. The van der Waals surface area contributed by atoms with Crippen molar-refractivity contribution in [2.45, 2.75) is 51.7 Å². The molecule has 0 heterocycles. The zero-order valence-electron chi connectivity index (χ0n) is 14.1. The summed E-state index contributed by atoms with van der Waals surface area (Å²) < 4.78 is 5.21. The number of guanidine groups is 1. The third-order valence-electron chi connectivity index (χ3n) is 3.21. The van der Waals surface area contributed by atoms with Crippen LogP contribution in [0.15, 0.2) is 29.3 Å². The highest BCUT2D eigenvalue weighted by Gasteiger charge is 2.21. The Morgan fingerprint density at radius 2 is 1.96 bits per heavy atom. The largest absolute Gasteiger partial charge is 0.444 e. The molecule has 1 aliphatic carbocycles. The Balaban J connectivity index is 1.76. The van der Waals surface area contributed by atoms with Crippen LogP contribution in [0.25, 0.3) is 0 Å².